The highest BCUT2D eigenvalue weighted by Crippen LogP contribution is 2.34. The Hall–Kier alpha value is -3.58. The van der Waals surface area contributed by atoms with Gasteiger partial charge in [-0.2, -0.15) is 0 Å². The van der Waals surface area contributed by atoms with Crippen molar-refractivity contribution in [2.45, 2.75) is 58.0 Å². The molecule has 0 saturated carbocycles. The first-order valence-corrected chi connectivity index (χ1v) is 15.2. The molecule has 0 aromatic heterocycles. The van der Waals surface area contributed by atoms with Gasteiger partial charge in [-0.05, 0) is 101 Å². The van der Waals surface area contributed by atoms with Crippen LogP contribution >= 0.6 is 11.8 Å². The quantitative estimate of drug-likeness (QED) is 0.187. The molecule has 6 nitrogen and oxygen atoms in total. The summed E-state index contributed by atoms with van der Waals surface area (Å²) < 4.78 is 11.7. The Bertz CT molecular complexity index is 1380. The summed E-state index contributed by atoms with van der Waals surface area (Å²) in [6, 6.07) is 20.9. The van der Waals surface area contributed by atoms with Crippen LogP contribution in [0.2, 0.25) is 0 Å². The highest BCUT2D eigenvalue weighted by molar-refractivity contribution is 7.98. The number of ketones is 2. The molecule has 7 heteroatoms. The maximum absolute atomic E-state index is 13.7. The molecule has 0 radical (unpaired) electrons. The number of para-hydroxylation sites is 1. The van der Waals surface area contributed by atoms with E-state index in [1.807, 2.05) is 62.6 Å². The molecular formula is C34H39NO5S. The summed E-state index contributed by atoms with van der Waals surface area (Å²) in [7, 11) is 0. The molecule has 0 spiro atoms. The van der Waals surface area contributed by atoms with Crippen LogP contribution in [0.4, 0.5) is 4.79 Å². The number of amides is 1. The fourth-order valence-corrected chi connectivity index (χ4v) is 5.67. The van der Waals surface area contributed by atoms with E-state index in [1.165, 1.54) is 6.92 Å². The van der Waals surface area contributed by atoms with Gasteiger partial charge >= 0.3 is 6.09 Å². The van der Waals surface area contributed by atoms with Crippen LogP contribution in [0.15, 0.2) is 71.6 Å². The Kier molecular flexibility index (Phi) is 9.59. The maximum atomic E-state index is 13.7. The van der Waals surface area contributed by atoms with Crippen LogP contribution in [-0.2, 0) is 11.2 Å². The molecule has 216 valence electrons. The Balaban J connectivity index is 1.52. The Morgan fingerprint density at radius 3 is 2.17 bits per heavy atom. The standard InChI is InChI=1S/C34H39NO5S/c1-22-18-25(19-23(2)32(22)40-34(4,5)24(3)36)12-13-27-20-35(33(38)39-28-10-8-7-9-11-28)21-30(27)31(37)26-14-16-29(41-6)17-15-26/h7-11,14-19,27,30H,12-13,20-21H2,1-6H3/t27-,30-/m1/s1. The van der Waals surface area contributed by atoms with Crippen LogP contribution in [0.3, 0.4) is 0 Å². The number of ether oxygens (including phenoxy) is 2. The van der Waals surface area contributed by atoms with Gasteiger partial charge in [0.2, 0.25) is 0 Å². The first kappa shape index (κ1) is 30.4. The first-order valence-electron chi connectivity index (χ1n) is 14.0. The van der Waals surface area contributed by atoms with E-state index in [2.05, 4.69) is 12.1 Å². The largest absolute Gasteiger partial charge is 0.480 e. The lowest BCUT2D eigenvalue weighted by molar-refractivity contribution is -0.129. The predicted molar refractivity (Wildman–Crippen MR) is 163 cm³/mol. The summed E-state index contributed by atoms with van der Waals surface area (Å²) in [6.07, 6.45) is 3.06. The predicted octanol–water partition coefficient (Wildman–Crippen LogP) is 7.33. The molecule has 0 aliphatic carbocycles. The molecule has 0 N–H and O–H groups in total. The second kappa shape index (κ2) is 12.9. The topological polar surface area (TPSA) is 72.9 Å². The van der Waals surface area contributed by atoms with Gasteiger partial charge in [-0.25, -0.2) is 4.79 Å². The molecule has 1 aliphatic heterocycles. The van der Waals surface area contributed by atoms with Gasteiger partial charge in [0.25, 0.3) is 0 Å². The summed E-state index contributed by atoms with van der Waals surface area (Å²) in [5, 5.41) is 0. The molecule has 1 heterocycles. The van der Waals surface area contributed by atoms with E-state index < -0.39 is 11.7 Å². The van der Waals surface area contributed by atoms with Crippen LogP contribution in [0, 0.1) is 25.7 Å². The van der Waals surface area contributed by atoms with E-state index in [0.717, 1.165) is 40.2 Å². The van der Waals surface area contributed by atoms with Crippen LogP contribution in [-0.4, -0.2) is 47.5 Å². The first-order chi connectivity index (χ1) is 19.5. The third kappa shape index (κ3) is 7.39. The fourth-order valence-electron chi connectivity index (χ4n) is 5.26. The number of carbonyl (C=O) groups is 3. The third-order valence-corrected chi connectivity index (χ3v) is 8.63. The molecule has 2 atom stereocenters. The second-order valence-electron chi connectivity index (χ2n) is 11.3. The molecule has 0 unspecified atom stereocenters. The minimum absolute atomic E-state index is 0.0146. The minimum atomic E-state index is -0.902. The number of rotatable bonds is 10. The molecule has 1 amide bonds. The summed E-state index contributed by atoms with van der Waals surface area (Å²) >= 11 is 1.63. The number of hydrogen-bond donors (Lipinski definition) is 0. The fraction of sp³-hybridized carbons (Fsp3) is 0.382. The highest BCUT2D eigenvalue weighted by Gasteiger charge is 2.40. The monoisotopic (exact) mass is 573 g/mol. The number of thioether (sulfide) groups is 1. The van der Waals surface area contributed by atoms with Crippen LogP contribution in [0.25, 0.3) is 0 Å². The third-order valence-electron chi connectivity index (χ3n) is 7.89. The zero-order chi connectivity index (χ0) is 29.7. The SMILES string of the molecule is CSc1ccc(C(=O)[C@@H]2CN(C(=O)Oc3ccccc3)C[C@H]2CCc2cc(C)c(OC(C)(C)C(C)=O)c(C)c2)cc1. The molecule has 0 bridgehead atoms. The van der Waals surface area contributed by atoms with Crippen molar-refractivity contribution in [2.24, 2.45) is 11.8 Å². The molecular weight excluding hydrogens is 534 g/mol. The number of nitrogens with zero attached hydrogens (tertiary/aromatic N) is 1. The van der Waals surface area contributed by atoms with E-state index in [9.17, 15) is 14.4 Å². The summed E-state index contributed by atoms with van der Waals surface area (Å²) in [5.41, 5.74) is 2.83. The molecule has 1 fully saturated rings. The zero-order valence-electron chi connectivity index (χ0n) is 24.7. The number of aryl methyl sites for hydroxylation is 3. The number of hydrogen-bond acceptors (Lipinski definition) is 6. The Morgan fingerprint density at radius 2 is 1.59 bits per heavy atom. The van der Waals surface area contributed by atoms with Crippen LogP contribution in [0.1, 0.15) is 54.2 Å². The average Bonchev–Trinajstić information content (AvgIpc) is 3.38. The van der Waals surface area contributed by atoms with Crippen molar-refractivity contribution in [1.82, 2.24) is 4.90 Å². The van der Waals surface area contributed by atoms with Crippen molar-refractivity contribution in [3.05, 3.63) is 89.0 Å². The normalized spacial score (nSPS) is 16.9. The van der Waals surface area contributed by atoms with Gasteiger partial charge in [-0.1, -0.05) is 42.5 Å². The van der Waals surface area contributed by atoms with Gasteiger partial charge in [0.1, 0.15) is 11.5 Å². The highest BCUT2D eigenvalue weighted by atomic mass is 32.2. The zero-order valence-corrected chi connectivity index (χ0v) is 25.5. The summed E-state index contributed by atoms with van der Waals surface area (Å²) in [5.74, 6) is 0.902. The van der Waals surface area contributed by atoms with Crippen molar-refractivity contribution in [3.8, 4) is 11.5 Å². The van der Waals surface area contributed by atoms with E-state index >= 15 is 0 Å². The molecule has 1 aliphatic rings. The lowest BCUT2D eigenvalue weighted by Crippen LogP contribution is -2.36. The number of Topliss-reactive ketones (excluding diaryl/α,β-unsaturated/α-hetero) is 2. The summed E-state index contributed by atoms with van der Waals surface area (Å²) in [6.45, 7) is 9.86. The number of benzene rings is 3. The van der Waals surface area contributed by atoms with Gasteiger partial charge in [0, 0.05) is 29.5 Å². The molecule has 4 rings (SSSR count). The van der Waals surface area contributed by atoms with Gasteiger partial charge in [0.05, 0.1) is 0 Å². The van der Waals surface area contributed by atoms with Crippen molar-refractivity contribution in [3.63, 3.8) is 0 Å². The van der Waals surface area contributed by atoms with Gasteiger partial charge in [-0.15, -0.1) is 11.8 Å². The van der Waals surface area contributed by atoms with Crippen LogP contribution in [0.5, 0.6) is 11.5 Å². The smallest absolute Gasteiger partial charge is 0.415 e. The van der Waals surface area contributed by atoms with Gasteiger partial charge < -0.3 is 14.4 Å². The van der Waals surface area contributed by atoms with E-state index in [1.54, 1.807) is 42.6 Å². The lowest BCUT2D eigenvalue weighted by atomic mass is 9.84. The van der Waals surface area contributed by atoms with Gasteiger partial charge in [0.15, 0.2) is 17.2 Å². The Morgan fingerprint density at radius 1 is 0.951 bits per heavy atom. The molecule has 41 heavy (non-hydrogen) atoms. The average molecular weight is 574 g/mol. The number of carbonyl (C=O) groups excluding carboxylic acids is 3. The van der Waals surface area contributed by atoms with Gasteiger partial charge in [-0.3, -0.25) is 9.59 Å². The van der Waals surface area contributed by atoms with E-state index in [4.69, 9.17) is 9.47 Å². The van der Waals surface area contributed by atoms with Crippen LogP contribution < -0.4 is 9.47 Å². The van der Waals surface area contributed by atoms with Crippen molar-refractivity contribution < 1.29 is 23.9 Å². The summed E-state index contributed by atoms with van der Waals surface area (Å²) in [4.78, 5) is 41.5. The molecule has 3 aromatic rings. The molecule has 3 aromatic carbocycles. The van der Waals surface area contributed by atoms with E-state index in [-0.39, 0.29) is 23.4 Å². The second-order valence-corrected chi connectivity index (χ2v) is 12.2. The number of likely N-dealkylation sites (tertiary alicyclic amines) is 1. The van der Waals surface area contributed by atoms with E-state index in [0.29, 0.717) is 24.4 Å². The van der Waals surface area contributed by atoms with Crippen molar-refractivity contribution in [2.75, 3.05) is 19.3 Å². The Labute approximate surface area is 247 Å². The molecule has 1 saturated heterocycles. The van der Waals surface area contributed by atoms with Crippen molar-refractivity contribution in [1.29, 1.82) is 0 Å². The lowest BCUT2D eigenvalue weighted by Gasteiger charge is -2.26. The van der Waals surface area contributed by atoms with Crippen molar-refractivity contribution >= 4 is 29.4 Å². The maximum Gasteiger partial charge on any atom is 0.415 e. The minimum Gasteiger partial charge on any atom is -0.480 e.